The fourth-order valence-electron chi connectivity index (χ4n) is 1.49. The van der Waals surface area contributed by atoms with Gasteiger partial charge in [0.25, 0.3) is 0 Å². The van der Waals surface area contributed by atoms with E-state index in [0.717, 1.165) is 31.7 Å². The van der Waals surface area contributed by atoms with E-state index in [1.807, 2.05) is 0 Å². The van der Waals surface area contributed by atoms with Crippen LogP contribution in [-0.2, 0) is 14.3 Å². The lowest BCUT2D eigenvalue weighted by Gasteiger charge is -1.93. The average Bonchev–Trinajstić information content (AvgIpc) is 2.92. The molecule has 1 atom stereocenters. The summed E-state index contributed by atoms with van der Waals surface area (Å²) < 4.78 is 28.3. The number of aldehydes is 1. The molecule has 1 aromatic rings. The van der Waals surface area contributed by atoms with Gasteiger partial charge in [0.05, 0.1) is 12.6 Å². The van der Waals surface area contributed by atoms with E-state index in [1.165, 1.54) is 25.1 Å². The fourth-order valence-corrected chi connectivity index (χ4v) is 1.49. The first-order valence-corrected chi connectivity index (χ1v) is 6.72. The first-order chi connectivity index (χ1) is 9.99. The second-order valence-corrected chi connectivity index (χ2v) is 4.20. The van der Waals surface area contributed by atoms with Gasteiger partial charge in [-0.3, -0.25) is 4.79 Å². The summed E-state index contributed by atoms with van der Waals surface area (Å²) >= 11 is 0. The lowest BCUT2D eigenvalue weighted by Crippen LogP contribution is -2.21. The number of halogens is 2. The Morgan fingerprint density at radius 1 is 1.43 bits per heavy atom. The number of rotatable bonds is 2. The normalized spacial score (nSPS) is 15.9. The second-order valence-electron chi connectivity index (χ2n) is 4.20. The highest BCUT2D eigenvalue weighted by molar-refractivity contribution is 5.65. The van der Waals surface area contributed by atoms with Crippen molar-refractivity contribution in [2.45, 2.75) is 32.7 Å². The van der Waals surface area contributed by atoms with Gasteiger partial charge < -0.3 is 14.8 Å². The van der Waals surface area contributed by atoms with Crippen LogP contribution in [0.1, 0.15) is 26.7 Å². The van der Waals surface area contributed by atoms with Crippen LogP contribution in [0.25, 0.3) is 0 Å². The van der Waals surface area contributed by atoms with Crippen molar-refractivity contribution in [1.29, 1.82) is 0 Å². The molecule has 1 unspecified atom stereocenters. The highest BCUT2D eigenvalue weighted by atomic mass is 19.1. The number of benzene rings is 1. The lowest BCUT2D eigenvalue weighted by molar-refractivity contribution is -0.140. The zero-order valence-corrected chi connectivity index (χ0v) is 12.3. The van der Waals surface area contributed by atoms with Crippen molar-refractivity contribution in [3.8, 4) is 0 Å². The Balaban J connectivity index is 0.000000290. The van der Waals surface area contributed by atoms with E-state index in [-0.39, 0.29) is 12.0 Å². The van der Waals surface area contributed by atoms with Crippen molar-refractivity contribution in [2.75, 3.05) is 13.2 Å². The Kier molecular flexibility index (Phi) is 10.9. The molecule has 0 bridgehead atoms. The quantitative estimate of drug-likeness (QED) is 0.673. The van der Waals surface area contributed by atoms with Crippen LogP contribution in [-0.4, -0.2) is 31.4 Å². The summed E-state index contributed by atoms with van der Waals surface area (Å²) in [7, 11) is 0. The van der Waals surface area contributed by atoms with E-state index in [4.69, 9.17) is 0 Å². The largest absolute Gasteiger partial charge is 0.466 e. The fraction of sp³-hybridized carbons (Fsp3) is 0.467. The minimum atomic E-state index is -0.537. The topological polar surface area (TPSA) is 55.4 Å². The third kappa shape index (κ3) is 11.7. The molecule has 0 saturated carbocycles. The summed E-state index contributed by atoms with van der Waals surface area (Å²) in [5.74, 6) is -1.28. The minimum Gasteiger partial charge on any atom is -0.466 e. The number of carbonyl (C=O) groups is 2. The number of ether oxygens (including phenoxy) is 1. The maximum atomic E-state index is 11.9. The third-order valence-electron chi connectivity index (χ3n) is 2.40. The molecule has 0 radical (unpaired) electrons. The smallest absolute Gasteiger partial charge is 0.302 e. The molecule has 2 rings (SSSR count). The number of carbonyl (C=O) groups excluding carboxylic acids is 2. The summed E-state index contributed by atoms with van der Waals surface area (Å²) in [6.07, 6.45) is 3.17. The molecule has 0 aliphatic carbocycles. The zero-order chi connectivity index (χ0) is 16.1. The van der Waals surface area contributed by atoms with E-state index in [1.54, 1.807) is 6.92 Å². The molecule has 0 aromatic heterocycles. The molecule has 1 N–H and O–H groups in total. The Morgan fingerprint density at radius 3 is 2.24 bits per heavy atom. The molecule has 1 aliphatic rings. The van der Waals surface area contributed by atoms with Crippen molar-refractivity contribution in [2.24, 2.45) is 0 Å². The van der Waals surface area contributed by atoms with E-state index in [9.17, 15) is 18.4 Å². The van der Waals surface area contributed by atoms with Crippen LogP contribution in [0.2, 0.25) is 0 Å². The number of nitrogens with one attached hydrogen (secondary N) is 1. The molecule has 0 amide bonds. The highest BCUT2D eigenvalue weighted by Gasteiger charge is 2.10. The van der Waals surface area contributed by atoms with Crippen LogP contribution in [0.3, 0.4) is 0 Å². The lowest BCUT2D eigenvalue weighted by atomic mass is 10.2. The molecule has 6 heteroatoms. The maximum Gasteiger partial charge on any atom is 0.302 e. The Morgan fingerprint density at radius 2 is 2.05 bits per heavy atom. The summed E-state index contributed by atoms with van der Waals surface area (Å²) in [4.78, 5) is 19.8. The van der Waals surface area contributed by atoms with Crippen molar-refractivity contribution in [1.82, 2.24) is 5.32 Å². The van der Waals surface area contributed by atoms with Gasteiger partial charge in [-0.1, -0.05) is 6.07 Å². The first kappa shape index (κ1) is 19.2. The Labute approximate surface area is 123 Å². The van der Waals surface area contributed by atoms with Gasteiger partial charge in [0, 0.05) is 13.0 Å². The van der Waals surface area contributed by atoms with Gasteiger partial charge in [-0.05, 0) is 38.4 Å². The predicted molar refractivity (Wildman–Crippen MR) is 75.8 cm³/mol. The molecule has 0 spiro atoms. The molecule has 1 saturated heterocycles. The molecule has 118 valence electrons. The molecule has 1 aromatic carbocycles. The Hall–Kier alpha value is -1.82. The van der Waals surface area contributed by atoms with Crippen LogP contribution in [0.5, 0.6) is 0 Å². The first-order valence-electron chi connectivity index (χ1n) is 6.72. The number of hydrogen-bond acceptors (Lipinski definition) is 4. The van der Waals surface area contributed by atoms with Crippen LogP contribution in [0, 0.1) is 11.6 Å². The number of esters is 1. The van der Waals surface area contributed by atoms with Crippen molar-refractivity contribution in [3.05, 3.63) is 35.9 Å². The molecule has 21 heavy (non-hydrogen) atoms. The van der Waals surface area contributed by atoms with Gasteiger partial charge >= 0.3 is 5.97 Å². The number of hydrogen-bond donors (Lipinski definition) is 1. The minimum absolute atomic E-state index is 0.167. The van der Waals surface area contributed by atoms with Crippen molar-refractivity contribution >= 4 is 12.3 Å². The van der Waals surface area contributed by atoms with Gasteiger partial charge in [0.1, 0.15) is 17.9 Å². The van der Waals surface area contributed by atoms with E-state index >= 15 is 0 Å². The van der Waals surface area contributed by atoms with E-state index < -0.39 is 11.6 Å². The molecule has 1 fully saturated rings. The molecule has 1 aliphatic heterocycles. The van der Waals surface area contributed by atoms with Crippen LogP contribution >= 0.6 is 0 Å². The van der Waals surface area contributed by atoms with Gasteiger partial charge in [0.15, 0.2) is 0 Å². The average molecular weight is 301 g/mol. The monoisotopic (exact) mass is 301 g/mol. The zero-order valence-electron chi connectivity index (χ0n) is 12.3. The van der Waals surface area contributed by atoms with Crippen molar-refractivity contribution in [3.63, 3.8) is 0 Å². The van der Waals surface area contributed by atoms with E-state index in [2.05, 4.69) is 10.1 Å². The SMILES string of the molecule is CCOC(C)=O.Fc1cccc(F)c1.O=CC1CCCN1. The van der Waals surface area contributed by atoms with Crippen LogP contribution in [0.15, 0.2) is 24.3 Å². The summed E-state index contributed by atoms with van der Waals surface area (Å²) in [6, 6.07) is 4.72. The standard InChI is InChI=1S/C6H4F2.C5H9NO.C4H8O2/c7-5-2-1-3-6(8)4-5;7-4-5-2-1-3-6-5;1-3-6-4(2)5/h1-4H;4-6H,1-3H2;3H2,1-2H3. The summed E-state index contributed by atoms with van der Waals surface area (Å²) in [5.41, 5.74) is 0. The van der Waals surface area contributed by atoms with Gasteiger partial charge in [-0.25, -0.2) is 8.78 Å². The van der Waals surface area contributed by atoms with Gasteiger partial charge in [-0.2, -0.15) is 0 Å². The molecule has 4 nitrogen and oxygen atoms in total. The molecular formula is C15H21F2NO3. The second kappa shape index (κ2) is 12.0. The van der Waals surface area contributed by atoms with Crippen LogP contribution < -0.4 is 5.32 Å². The summed E-state index contributed by atoms with van der Waals surface area (Å²) in [5, 5.41) is 3.04. The third-order valence-corrected chi connectivity index (χ3v) is 2.40. The van der Waals surface area contributed by atoms with Gasteiger partial charge in [0.2, 0.25) is 0 Å². The van der Waals surface area contributed by atoms with Crippen molar-refractivity contribution < 1.29 is 23.1 Å². The van der Waals surface area contributed by atoms with Crippen LogP contribution in [0.4, 0.5) is 8.78 Å². The Bertz CT molecular complexity index is 404. The maximum absolute atomic E-state index is 11.9. The van der Waals surface area contributed by atoms with E-state index in [0.29, 0.717) is 6.61 Å². The predicted octanol–water partition coefficient (Wildman–Crippen LogP) is 2.47. The van der Waals surface area contributed by atoms with Gasteiger partial charge in [-0.15, -0.1) is 0 Å². The highest BCUT2D eigenvalue weighted by Crippen LogP contribution is 2.00. The molecular weight excluding hydrogens is 280 g/mol. The summed E-state index contributed by atoms with van der Waals surface area (Å²) in [6.45, 7) is 4.67. The molecule has 1 heterocycles.